The number of nitrogens with zero attached hydrogens (tertiary/aromatic N) is 3. The second-order valence-corrected chi connectivity index (χ2v) is 12.8. The molecule has 8 atom stereocenters. The minimum atomic E-state index is -0.544. The standard InChI is InChI=1S/C30H43N3O3/c1-6-20-17-33(32-26(20)16-31-4)18-27(34)25-10-9-23-22-8-7-21-15-28(2,35)13-14-30(21,19-36-5)24(22)11-12-29(23,25)3/h1,16-17,21-25,35H,7-15,18-19H2,2-5H3. The van der Waals surface area contributed by atoms with Crippen molar-refractivity contribution >= 4 is 12.0 Å². The summed E-state index contributed by atoms with van der Waals surface area (Å²) in [6, 6.07) is 0. The lowest BCUT2D eigenvalue weighted by molar-refractivity contribution is -0.175. The lowest BCUT2D eigenvalue weighted by Crippen LogP contribution is -2.58. The van der Waals surface area contributed by atoms with E-state index in [1.165, 1.54) is 19.3 Å². The first-order chi connectivity index (χ1) is 17.2. The lowest BCUT2D eigenvalue weighted by Gasteiger charge is -2.62. The number of rotatable bonds is 6. The van der Waals surface area contributed by atoms with E-state index < -0.39 is 5.60 Å². The molecule has 0 spiro atoms. The van der Waals surface area contributed by atoms with Crippen LogP contribution in [0.5, 0.6) is 0 Å². The zero-order valence-electron chi connectivity index (χ0n) is 22.5. The summed E-state index contributed by atoms with van der Waals surface area (Å²) in [4.78, 5) is 17.7. The predicted octanol–water partition coefficient (Wildman–Crippen LogP) is 4.52. The van der Waals surface area contributed by atoms with E-state index in [1.807, 2.05) is 14.0 Å². The third-order valence-corrected chi connectivity index (χ3v) is 11.0. The van der Waals surface area contributed by atoms with Crippen molar-refractivity contribution in [2.45, 2.75) is 83.8 Å². The van der Waals surface area contributed by atoms with Crippen molar-refractivity contribution in [2.75, 3.05) is 20.8 Å². The molecule has 0 radical (unpaired) electrons. The Morgan fingerprint density at radius 1 is 1.25 bits per heavy atom. The largest absolute Gasteiger partial charge is 0.390 e. The summed E-state index contributed by atoms with van der Waals surface area (Å²) < 4.78 is 7.60. The summed E-state index contributed by atoms with van der Waals surface area (Å²) >= 11 is 0. The second-order valence-electron chi connectivity index (χ2n) is 12.8. The van der Waals surface area contributed by atoms with Gasteiger partial charge in [-0.2, -0.15) is 5.10 Å². The fraction of sp³-hybridized carbons (Fsp3) is 0.767. The number of terminal acetylenes is 1. The Labute approximate surface area is 216 Å². The van der Waals surface area contributed by atoms with Gasteiger partial charge in [0, 0.05) is 32.5 Å². The predicted molar refractivity (Wildman–Crippen MR) is 141 cm³/mol. The van der Waals surface area contributed by atoms with Gasteiger partial charge in [0.2, 0.25) is 0 Å². The molecule has 36 heavy (non-hydrogen) atoms. The van der Waals surface area contributed by atoms with Gasteiger partial charge in [0.15, 0.2) is 5.78 Å². The van der Waals surface area contributed by atoms with Crippen molar-refractivity contribution in [3.63, 3.8) is 0 Å². The number of carbonyl (C=O) groups is 1. The van der Waals surface area contributed by atoms with Crippen LogP contribution in [0.3, 0.4) is 0 Å². The highest BCUT2D eigenvalue weighted by molar-refractivity contribution is 5.83. The van der Waals surface area contributed by atoms with Gasteiger partial charge in [0.1, 0.15) is 5.69 Å². The molecular formula is C30H43N3O3. The van der Waals surface area contributed by atoms with Crippen molar-refractivity contribution in [1.82, 2.24) is 9.78 Å². The number of aliphatic hydroxyl groups is 1. The van der Waals surface area contributed by atoms with Gasteiger partial charge in [-0.1, -0.05) is 12.8 Å². The van der Waals surface area contributed by atoms with Crippen LogP contribution in [0.15, 0.2) is 11.2 Å². The molecule has 6 heteroatoms. The number of Topliss-reactive ketones (excluding diaryl/α,β-unsaturated/α-hetero) is 1. The van der Waals surface area contributed by atoms with Crippen LogP contribution in [-0.4, -0.2) is 53.3 Å². The van der Waals surface area contributed by atoms with E-state index in [2.05, 4.69) is 22.9 Å². The molecule has 0 saturated heterocycles. The number of aliphatic imine (C=N–C) groups is 1. The first kappa shape index (κ1) is 25.7. The quantitative estimate of drug-likeness (QED) is 0.467. The molecule has 0 amide bonds. The Morgan fingerprint density at radius 2 is 2.06 bits per heavy atom. The molecule has 196 valence electrons. The van der Waals surface area contributed by atoms with Gasteiger partial charge in [-0.3, -0.25) is 14.5 Å². The molecule has 0 bridgehead atoms. The van der Waals surface area contributed by atoms with Crippen LogP contribution in [-0.2, 0) is 16.1 Å². The van der Waals surface area contributed by atoms with Crippen LogP contribution < -0.4 is 0 Å². The normalized spacial score (nSPS) is 41.9. The highest BCUT2D eigenvalue weighted by Gasteiger charge is 2.63. The summed E-state index contributed by atoms with van der Waals surface area (Å²) in [6.07, 6.45) is 18.7. The maximum absolute atomic E-state index is 13.7. The fourth-order valence-corrected chi connectivity index (χ4v) is 9.43. The summed E-state index contributed by atoms with van der Waals surface area (Å²) in [5.41, 5.74) is 1.01. The van der Waals surface area contributed by atoms with Crippen LogP contribution in [0, 0.1) is 52.8 Å². The molecule has 1 heterocycles. The summed E-state index contributed by atoms with van der Waals surface area (Å²) in [5.74, 6) is 5.44. The van der Waals surface area contributed by atoms with E-state index in [1.54, 1.807) is 24.1 Å². The van der Waals surface area contributed by atoms with Crippen molar-refractivity contribution in [1.29, 1.82) is 0 Å². The molecule has 0 aliphatic heterocycles. The maximum atomic E-state index is 13.7. The van der Waals surface area contributed by atoms with E-state index in [-0.39, 0.29) is 23.3 Å². The molecule has 4 saturated carbocycles. The number of carbonyl (C=O) groups excluding carboxylic acids is 1. The van der Waals surface area contributed by atoms with Gasteiger partial charge in [-0.05, 0) is 99.2 Å². The molecule has 6 nitrogen and oxygen atoms in total. The van der Waals surface area contributed by atoms with Crippen molar-refractivity contribution in [3.05, 3.63) is 17.5 Å². The monoisotopic (exact) mass is 493 g/mol. The Kier molecular flexibility index (Phi) is 6.71. The van der Waals surface area contributed by atoms with E-state index >= 15 is 0 Å². The van der Waals surface area contributed by atoms with Gasteiger partial charge in [-0.15, -0.1) is 6.42 Å². The molecule has 5 rings (SSSR count). The number of fused-ring (bicyclic) bond motifs is 5. The Balaban J connectivity index is 1.35. The second kappa shape index (κ2) is 9.40. The van der Waals surface area contributed by atoms with Crippen LogP contribution in [0.2, 0.25) is 0 Å². The SMILES string of the molecule is C#Cc1cn(CC(=O)C2CCC3C4CCC5CC(C)(O)CCC5(COC)C4CCC23C)nc1C=NC. The van der Waals surface area contributed by atoms with E-state index in [9.17, 15) is 9.90 Å². The van der Waals surface area contributed by atoms with Gasteiger partial charge >= 0.3 is 0 Å². The molecule has 0 aromatic carbocycles. The molecule has 1 aromatic rings. The average molecular weight is 494 g/mol. The summed E-state index contributed by atoms with van der Waals surface area (Å²) in [7, 11) is 3.54. The number of hydrogen-bond donors (Lipinski definition) is 1. The molecular weight excluding hydrogens is 450 g/mol. The van der Waals surface area contributed by atoms with Crippen molar-refractivity contribution in [3.8, 4) is 12.3 Å². The molecule has 4 aliphatic rings. The first-order valence-corrected chi connectivity index (χ1v) is 13.9. The summed E-state index contributed by atoms with van der Waals surface area (Å²) in [5, 5.41) is 15.4. The first-order valence-electron chi connectivity index (χ1n) is 13.9. The summed E-state index contributed by atoms with van der Waals surface area (Å²) in [6.45, 7) is 5.50. The third-order valence-electron chi connectivity index (χ3n) is 11.0. The fourth-order valence-electron chi connectivity index (χ4n) is 9.43. The van der Waals surface area contributed by atoms with Crippen LogP contribution >= 0.6 is 0 Å². The zero-order chi connectivity index (χ0) is 25.7. The molecule has 1 N–H and O–H groups in total. The number of aromatic nitrogens is 2. The van der Waals surface area contributed by atoms with Crippen LogP contribution in [0.25, 0.3) is 0 Å². The molecule has 1 aromatic heterocycles. The van der Waals surface area contributed by atoms with E-state index in [0.717, 1.165) is 45.1 Å². The smallest absolute Gasteiger partial charge is 0.157 e. The van der Waals surface area contributed by atoms with Crippen LogP contribution in [0.1, 0.15) is 82.9 Å². The topological polar surface area (TPSA) is 76.7 Å². The minimum Gasteiger partial charge on any atom is -0.390 e. The minimum absolute atomic E-state index is 0.0509. The zero-order valence-corrected chi connectivity index (χ0v) is 22.5. The number of hydrogen-bond acceptors (Lipinski definition) is 5. The Hall–Kier alpha value is -1.97. The molecule has 4 aliphatic carbocycles. The number of ether oxygens (including phenoxy) is 1. The highest BCUT2D eigenvalue weighted by Crippen LogP contribution is 2.68. The maximum Gasteiger partial charge on any atom is 0.157 e. The Morgan fingerprint density at radius 3 is 2.78 bits per heavy atom. The third kappa shape index (κ3) is 4.07. The van der Waals surface area contributed by atoms with Gasteiger partial charge < -0.3 is 9.84 Å². The van der Waals surface area contributed by atoms with Gasteiger partial charge in [0.05, 0.1) is 24.3 Å². The van der Waals surface area contributed by atoms with Gasteiger partial charge in [0.25, 0.3) is 0 Å². The van der Waals surface area contributed by atoms with Crippen LogP contribution in [0.4, 0.5) is 0 Å². The molecule has 4 fully saturated rings. The average Bonchev–Trinajstić information content (AvgIpc) is 3.39. The number of ketones is 1. The van der Waals surface area contributed by atoms with Gasteiger partial charge in [-0.25, -0.2) is 0 Å². The Bertz CT molecular complexity index is 1070. The van der Waals surface area contributed by atoms with E-state index in [0.29, 0.717) is 40.7 Å². The highest BCUT2D eigenvalue weighted by atomic mass is 16.5. The number of methoxy groups -OCH3 is 1. The van der Waals surface area contributed by atoms with Crippen molar-refractivity contribution < 1.29 is 14.6 Å². The molecule has 8 unspecified atom stereocenters. The lowest BCUT2D eigenvalue weighted by atomic mass is 9.43. The van der Waals surface area contributed by atoms with E-state index in [4.69, 9.17) is 11.2 Å². The van der Waals surface area contributed by atoms with Crippen molar-refractivity contribution in [2.24, 2.45) is 45.4 Å².